The van der Waals surface area contributed by atoms with Crippen LogP contribution >= 0.6 is 24.0 Å². The minimum Gasteiger partial charge on any atom is -0.489 e. The second-order valence-electron chi connectivity index (χ2n) is 6.90. The van der Waals surface area contributed by atoms with Crippen LogP contribution in [0, 0.1) is 12.8 Å². The molecule has 0 radical (unpaired) electrons. The zero-order chi connectivity index (χ0) is 17.5. The predicted octanol–water partition coefficient (Wildman–Crippen LogP) is 2.89. The summed E-state index contributed by atoms with van der Waals surface area (Å²) in [5.74, 6) is 2.60. The average molecular weight is 460 g/mol. The first-order valence-electron chi connectivity index (χ1n) is 8.84. The van der Waals surface area contributed by atoms with Gasteiger partial charge in [0, 0.05) is 19.6 Å². The first kappa shape index (κ1) is 22.0. The molecule has 0 heterocycles. The molecule has 1 aliphatic carbocycles. The first-order valence-corrected chi connectivity index (χ1v) is 8.84. The van der Waals surface area contributed by atoms with E-state index in [1.54, 1.807) is 0 Å². The molecule has 2 atom stereocenters. The number of hydrogen-bond acceptors (Lipinski definition) is 3. The van der Waals surface area contributed by atoms with Crippen molar-refractivity contribution in [3.05, 3.63) is 29.8 Å². The lowest BCUT2D eigenvalue weighted by molar-refractivity contribution is 0.222. The summed E-state index contributed by atoms with van der Waals surface area (Å²) in [5, 5.41) is 6.80. The van der Waals surface area contributed by atoms with Crippen molar-refractivity contribution in [2.45, 2.75) is 38.8 Å². The molecule has 1 aromatic carbocycles. The second-order valence-corrected chi connectivity index (χ2v) is 6.90. The molecule has 142 valence electrons. The largest absolute Gasteiger partial charge is 0.489 e. The van der Waals surface area contributed by atoms with Crippen molar-refractivity contribution in [2.24, 2.45) is 10.9 Å². The van der Waals surface area contributed by atoms with Crippen LogP contribution in [-0.4, -0.2) is 57.2 Å². The Bertz CT molecular complexity index is 544. The molecular formula is C19H33IN4O. The number of rotatable bonds is 8. The lowest BCUT2D eigenvalue weighted by atomic mass is 10.1. The maximum Gasteiger partial charge on any atom is 0.191 e. The predicted molar refractivity (Wildman–Crippen MR) is 116 cm³/mol. The average Bonchev–Trinajstić information content (AvgIpc) is 3.37. The number of aliphatic imine (C=N–C) groups is 1. The van der Waals surface area contributed by atoms with E-state index in [1.165, 1.54) is 12.8 Å². The third-order valence-corrected chi connectivity index (χ3v) is 4.51. The third kappa shape index (κ3) is 7.40. The van der Waals surface area contributed by atoms with Crippen molar-refractivity contribution in [1.29, 1.82) is 0 Å². The number of aryl methyl sites for hydroxylation is 1. The van der Waals surface area contributed by atoms with Crippen LogP contribution in [0.3, 0.4) is 0 Å². The molecule has 0 aliphatic heterocycles. The summed E-state index contributed by atoms with van der Waals surface area (Å²) in [6, 6.07) is 8.68. The number of halogens is 1. The Morgan fingerprint density at radius 2 is 1.88 bits per heavy atom. The van der Waals surface area contributed by atoms with E-state index in [9.17, 15) is 0 Å². The first-order chi connectivity index (χ1) is 11.5. The lowest BCUT2D eigenvalue weighted by Crippen LogP contribution is -2.47. The lowest BCUT2D eigenvalue weighted by Gasteiger charge is -2.26. The quantitative estimate of drug-likeness (QED) is 0.356. The van der Waals surface area contributed by atoms with Gasteiger partial charge in [-0.1, -0.05) is 18.2 Å². The van der Waals surface area contributed by atoms with Crippen LogP contribution in [0.25, 0.3) is 0 Å². The van der Waals surface area contributed by atoms with E-state index in [4.69, 9.17) is 4.74 Å². The molecule has 1 aliphatic rings. The summed E-state index contributed by atoms with van der Waals surface area (Å²) >= 11 is 0. The van der Waals surface area contributed by atoms with Gasteiger partial charge in [-0.05, 0) is 58.3 Å². The number of nitrogens with one attached hydrogen (secondary N) is 2. The van der Waals surface area contributed by atoms with Gasteiger partial charge in [-0.2, -0.15) is 0 Å². The zero-order valence-electron chi connectivity index (χ0n) is 16.1. The number of nitrogens with zero attached hydrogens (tertiary/aromatic N) is 2. The van der Waals surface area contributed by atoms with Crippen molar-refractivity contribution in [3.63, 3.8) is 0 Å². The smallest absolute Gasteiger partial charge is 0.191 e. The molecule has 0 saturated heterocycles. The van der Waals surface area contributed by atoms with E-state index in [1.807, 2.05) is 25.2 Å². The molecule has 0 amide bonds. The Morgan fingerprint density at radius 3 is 2.44 bits per heavy atom. The molecule has 2 rings (SSSR count). The Hall–Kier alpha value is -1.02. The minimum absolute atomic E-state index is 0. The van der Waals surface area contributed by atoms with Crippen molar-refractivity contribution in [2.75, 3.05) is 34.2 Å². The van der Waals surface area contributed by atoms with Crippen LogP contribution in [0.1, 0.15) is 25.3 Å². The molecule has 1 saturated carbocycles. The summed E-state index contributed by atoms with van der Waals surface area (Å²) in [6.07, 6.45) is 2.76. The van der Waals surface area contributed by atoms with E-state index in [0.29, 0.717) is 12.6 Å². The fourth-order valence-electron chi connectivity index (χ4n) is 2.86. The van der Waals surface area contributed by atoms with Crippen molar-refractivity contribution in [1.82, 2.24) is 15.5 Å². The molecule has 0 aromatic heterocycles. The van der Waals surface area contributed by atoms with Crippen LogP contribution in [0.2, 0.25) is 0 Å². The standard InChI is InChI=1S/C19H32N4O.HI/c1-14-8-6-7-9-18(14)24-15(2)12-21-19(20-3)22-13-17(23(4)5)16-10-11-16;/h6-9,15-17H,10-13H2,1-5H3,(H2,20,21,22);1H. The van der Waals surface area contributed by atoms with Gasteiger partial charge in [0.15, 0.2) is 5.96 Å². The van der Waals surface area contributed by atoms with Crippen molar-refractivity contribution >= 4 is 29.9 Å². The highest BCUT2D eigenvalue weighted by molar-refractivity contribution is 14.0. The van der Waals surface area contributed by atoms with E-state index >= 15 is 0 Å². The zero-order valence-corrected chi connectivity index (χ0v) is 18.4. The van der Waals surface area contributed by atoms with Gasteiger partial charge in [0.25, 0.3) is 0 Å². The van der Waals surface area contributed by atoms with Gasteiger partial charge in [0.05, 0.1) is 6.54 Å². The Kier molecular flexibility index (Phi) is 9.56. The molecule has 0 bridgehead atoms. The maximum absolute atomic E-state index is 6.00. The number of guanidine groups is 1. The van der Waals surface area contributed by atoms with Crippen LogP contribution < -0.4 is 15.4 Å². The van der Waals surface area contributed by atoms with Crippen LogP contribution in [-0.2, 0) is 0 Å². The van der Waals surface area contributed by atoms with Gasteiger partial charge in [0.2, 0.25) is 0 Å². The molecule has 1 aromatic rings. The molecule has 2 N–H and O–H groups in total. The topological polar surface area (TPSA) is 48.9 Å². The summed E-state index contributed by atoms with van der Waals surface area (Å²) < 4.78 is 6.00. The highest BCUT2D eigenvalue weighted by Gasteiger charge is 2.32. The highest BCUT2D eigenvalue weighted by Crippen LogP contribution is 2.34. The molecular weight excluding hydrogens is 427 g/mol. The summed E-state index contributed by atoms with van der Waals surface area (Å²) in [6.45, 7) is 5.77. The van der Waals surface area contributed by atoms with E-state index in [0.717, 1.165) is 29.7 Å². The molecule has 1 fully saturated rings. The second kappa shape index (κ2) is 10.9. The van der Waals surface area contributed by atoms with Gasteiger partial charge in [0.1, 0.15) is 11.9 Å². The minimum atomic E-state index is 0. The maximum atomic E-state index is 6.00. The number of likely N-dealkylation sites (N-methyl/N-ethyl adjacent to an activating group) is 1. The number of para-hydroxylation sites is 1. The summed E-state index contributed by atoms with van der Waals surface area (Å²) in [4.78, 5) is 6.62. The SMILES string of the molecule is CN=C(NCC(C)Oc1ccccc1C)NCC(C1CC1)N(C)C.I. The Balaban J connectivity index is 0.00000312. The van der Waals surface area contributed by atoms with Crippen molar-refractivity contribution < 1.29 is 4.74 Å². The third-order valence-electron chi connectivity index (χ3n) is 4.51. The van der Waals surface area contributed by atoms with Gasteiger partial charge in [-0.3, -0.25) is 4.99 Å². The molecule has 6 heteroatoms. The fourth-order valence-corrected chi connectivity index (χ4v) is 2.86. The van der Waals surface area contributed by atoms with Gasteiger partial charge < -0.3 is 20.3 Å². The van der Waals surface area contributed by atoms with Crippen LogP contribution in [0.4, 0.5) is 0 Å². The molecule has 5 nitrogen and oxygen atoms in total. The van der Waals surface area contributed by atoms with Crippen molar-refractivity contribution in [3.8, 4) is 5.75 Å². The molecule has 0 spiro atoms. The van der Waals surface area contributed by atoms with E-state index in [2.05, 4.69) is 54.5 Å². The number of ether oxygens (including phenoxy) is 1. The van der Waals surface area contributed by atoms with Crippen LogP contribution in [0.5, 0.6) is 5.75 Å². The Labute approximate surface area is 169 Å². The summed E-state index contributed by atoms with van der Waals surface area (Å²) in [7, 11) is 6.11. The molecule has 25 heavy (non-hydrogen) atoms. The summed E-state index contributed by atoms with van der Waals surface area (Å²) in [5.41, 5.74) is 1.16. The Morgan fingerprint density at radius 1 is 1.24 bits per heavy atom. The number of hydrogen-bond donors (Lipinski definition) is 2. The van der Waals surface area contributed by atoms with Crippen LogP contribution in [0.15, 0.2) is 29.3 Å². The monoisotopic (exact) mass is 460 g/mol. The van der Waals surface area contributed by atoms with Gasteiger partial charge >= 0.3 is 0 Å². The number of benzene rings is 1. The van der Waals surface area contributed by atoms with E-state index in [-0.39, 0.29) is 30.1 Å². The van der Waals surface area contributed by atoms with Gasteiger partial charge in [-0.15, -0.1) is 24.0 Å². The van der Waals surface area contributed by atoms with Gasteiger partial charge in [-0.25, -0.2) is 0 Å². The fraction of sp³-hybridized carbons (Fsp3) is 0.632. The highest BCUT2D eigenvalue weighted by atomic mass is 127. The normalized spacial score (nSPS) is 16.8. The van der Waals surface area contributed by atoms with E-state index < -0.39 is 0 Å². The molecule has 2 unspecified atom stereocenters.